The third-order valence-corrected chi connectivity index (χ3v) is 2.73. The monoisotopic (exact) mass is 273 g/mol. The molecular weight excluding hydrogens is 265 g/mol. The number of fused-ring (bicyclic) bond motifs is 1. The summed E-state index contributed by atoms with van der Waals surface area (Å²) in [5.41, 5.74) is 0. The molecule has 1 aromatic heterocycles. The first-order chi connectivity index (χ1) is 5.81. The highest BCUT2D eigenvalue weighted by atomic mass is 127. The standard InChI is InChI=1S/C9H8INO/c1-12-7-2-6-4-11-5-8(6)9(10)3-7/h2-5,11H,1H3. The van der Waals surface area contributed by atoms with Crippen LogP contribution in [0.2, 0.25) is 0 Å². The van der Waals surface area contributed by atoms with Gasteiger partial charge in [0.15, 0.2) is 0 Å². The van der Waals surface area contributed by atoms with E-state index in [1.165, 1.54) is 14.3 Å². The van der Waals surface area contributed by atoms with Crippen LogP contribution in [0.1, 0.15) is 0 Å². The zero-order valence-corrected chi connectivity index (χ0v) is 8.75. The Morgan fingerprint density at radius 3 is 2.92 bits per heavy atom. The number of aromatic nitrogens is 1. The minimum atomic E-state index is 0.909. The Kier molecular flexibility index (Phi) is 1.96. The van der Waals surface area contributed by atoms with Gasteiger partial charge in [0.2, 0.25) is 0 Å². The molecule has 0 amide bonds. The summed E-state index contributed by atoms with van der Waals surface area (Å²) in [5.74, 6) is 0.909. The van der Waals surface area contributed by atoms with Gasteiger partial charge in [-0.15, -0.1) is 0 Å². The van der Waals surface area contributed by atoms with Crippen LogP contribution in [0.25, 0.3) is 10.8 Å². The molecule has 0 unspecified atom stereocenters. The largest absolute Gasteiger partial charge is 0.497 e. The molecule has 0 radical (unpaired) electrons. The molecule has 0 atom stereocenters. The molecule has 0 saturated heterocycles. The van der Waals surface area contributed by atoms with E-state index < -0.39 is 0 Å². The SMILES string of the molecule is COc1cc(I)c2c[nH]cc2c1. The van der Waals surface area contributed by atoms with Gasteiger partial charge in [-0.2, -0.15) is 0 Å². The zero-order chi connectivity index (χ0) is 8.55. The van der Waals surface area contributed by atoms with Crippen molar-refractivity contribution in [2.24, 2.45) is 0 Å². The maximum Gasteiger partial charge on any atom is 0.120 e. The third kappa shape index (κ3) is 1.18. The number of hydrogen-bond donors (Lipinski definition) is 1. The quantitative estimate of drug-likeness (QED) is 0.794. The number of aromatic amines is 1. The Hall–Kier alpha value is -0.710. The predicted molar refractivity (Wildman–Crippen MR) is 57.6 cm³/mol. The number of rotatable bonds is 1. The van der Waals surface area contributed by atoms with E-state index in [9.17, 15) is 0 Å². The molecule has 0 aliphatic rings. The summed E-state index contributed by atoms with van der Waals surface area (Å²) in [6.07, 6.45) is 3.97. The number of hydrogen-bond acceptors (Lipinski definition) is 1. The molecule has 0 aliphatic heterocycles. The normalized spacial score (nSPS) is 10.5. The van der Waals surface area contributed by atoms with Crippen molar-refractivity contribution in [2.75, 3.05) is 7.11 Å². The van der Waals surface area contributed by atoms with Crippen LogP contribution in [0.3, 0.4) is 0 Å². The van der Waals surface area contributed by atoms with Gasteiger partial charge in [-0.25, -0.2) is 0 Å². The van der Waals surface area contributed by atoms with Crippen LogP contribution in [0, 0.1) is 3.57 Å². The molecule has 0 fully saturated rings. The fraction of sp³-hybridized carbons (Fsp3) is 0.111. The number of ether oxygens (including phenoxy) is 1. The van der Waals surface area contributed by atoms with Crippen molar-refractivity contribution in [1.82, 2.24) is 4.98 Å². The van der Waals surface area contributed by atoms with Crippen molar-refractivity contribution in [3.05, 3.63) is 28.1 Å². The van der Waals surface area contributed by atoms with E-state index in [2.05, 4.69) is 27.6 Å². The molecule has 62 valence electrons. The van der Waals surface area contributed by atoms with Crippen molar-refractivity contribution in [2.45, 2.75) is 0 Å². The fourth-order valence-corrected chi connectivity index (χ4v) is 1.99. The highest BCUT2D eigenvalue weighted by Gasteiger charge is 2.01. The summed E-state index contributed by atoms with van der Waals surface area (Å²) < 4.78 is 6.37. The van der Waals surface area contributed by atoms with Crippen molar-refractivity contribution >= 4 is 33.4 Å². The first-order valence-electron chi connectivity index (χ1n) is 3.61. The fourth-order valence-electron chi connectivity index (χ4n) is 1.22. The molecule has 2 nitrogen and oxygen atoms in total. The summed E-state index contributed by atoms with van der Waals surface area (Å²) in [7, 11) is 1.68. The van der Waals surface area contributed by atoms with Crippen molar-refractivity contribution in [3.63, 3.8) is 0 Å². The van der Waals surface area contributed by atoms with E-state index in [0.717, 1.165) is 5.75 Å². The van der Waals surface area contributed by atoms with E-state index in [1.54, 1.807) is 7.11 Å². The second-order valence-corrected chi connectivity index (χ2v) is 3.73. The van der Waals surface area contributed by atoms with Gasteiger partial charge in [0, 0.05) is 26.7 Å². The Morgan fingerprint density at radius 2 is 2.17 bits per heavy atom. The summed E-state index contributed by atoms with van der Waals surface area (Å²) in [4.78, 5) is 3.07. The summed E-state index contributed by atoms with van der Waals surface area (Å²) in [6, 6.07) is 4.05. The molecule has 0 saturated carbocycles. The van der Waals surface area contributed by atoms with Crippen molar-refractivity contribution < 1.29 is 4.74 Å². The summed E-state index contributed by atoms with van der Waals surface area (Å²) in [6.45, 7) is 0. The topological polar surface area (TPSA) is 25.0 Å². The van der Waals surface area contributed by atoms with Gasteiger partial charge in [0.05, 0.1) is 7.11 Å². The number of nitrogens with one attached hydrogen (secondary N) is 1. The van der Waals surface area contributed by atoms with E-state index in [0.29, 0.717) is 0 Å². The maximum atomic E-state index is 5.15. The van der Waals surface area contributed by atoms with Gasteiger partial charge >= 0.3 is 0 Å². The van der Waals surface area contributed by atoms with Gasteiger partial charge in [-0.05, 0) is 34.7 Å². The van der Waals surface area contributed by atoms with E-state index >= 15 is 0 Å². The Bertz CT molecular complexity index is 408. The number of benzene rings is 1. The second-order valence-electron chi connectivity index (χ2n) is 2.57. The van der Waals surface area contributed by atoms with Gasteiger partial charge in [-0.3, -0.25) is 0 Å². The molecule has 0 aliphatic carbocycles. The third-order valence-electron chi connectivity index (χ3n) is 1.84. The van der Waals surface area contributed by atoms with Crippen LogP contribution in [-0.4, -0.2) is 12.1 Å². The number of halogens is 1. The minimum Gasteiger partial charge on any atom is -0.497 e. The van der Waals surface area contributed by atoms with Crippen LogP contribution in [0.15, 0.2) is 24.5 Å². The molecule has 1 N–H and O–H groups in total. The number of H-pyrrole nitrogens is 1. The van der Waals surface area contributed by atoms with Gasteiger partial charge in [0.1, 0.15) is 5.75 Å². The van der Waals surface area contributed by atoms with Gasteiger partial charge < -0.3 is 9.72 Å². The van der Waals surface area contributed by atoms with Crippen LogP contribution in [-0.2, 0) is 0 Å². The zero-order valence-electron chi connectivity index (χ0n) is 6.60. The molecule has 1 aromatic carbocycles. The highest BCUT2D eigenvalue weighted by molar-refractivity contribution is 14.1. The Labute approximate surface area is 84.1 Å². The predicted octanol–water partition coefficient (Wildman–Crippen LogP) is 2.78. The summed E-state index contributed by atoms with van der Waals surface area (Å²) in [5, 5.41) is 2.44. The second kappa shape index (κ2) is 2.97. The first-order valence-corrected chi connectivity index (χ1v) is 4.69. The molecule has 3 heteroatoms. The molecule has 0 spiro atoms. The molecule has 0 bridgehead atoms. The van der Waals surface area contributed by atoms with Crippen LogP contribution in [0.5, 0.6) is 5.75 Å². The molecular formula is C9H8INO. The minimum absolute atomic E-state index is 0.909. The van der Waals surface area contributed by atoms with Crippen molar-refractivity contribution in [1.29, 1.82) is 0 Å². The first kappa shape index (κ1) is 7.91. The number of methoxy groups -OCH3 is 1. The average molecular weight is 273 g/mol. The molecule has 2 rings (SSSR count). The van der Waals surface area contributed by atoms with Gasteiger partial charge in [-0.1, -0.05) is 0 Å². The smallest absolute Gasteiger partial charge is 0.120 e. The van der Waals surface area contributed by atoms with E-state index in [4.69, 9.17) is 4.74 Å². The lowest BCUT2D eigenvalue weighted by atomic mass is 10.2. The lowest BCUT2D eigenvalue weighted by Gasteiger charge is -2.00. The Balaban J connectivity index is 2.75. The van der Waals surface area contributed by atoms with E-state index in [-0.39, 0.29) is 0 Å². The molecule has 1 heterocycles. The van der Waals surface area contributed by atoms with Crippen LogP contribution >= 0.6 is 22.6 Å². The lowest BCUT2D eigenvalue weighted by molar-refractivity contribution is 0.415. The van der Waals surface area contributed by atoms with E-state index in [1.807, 2.05) is 24.5 Å². The van der Waals surface area contributed by atoms with Gasteiger partial charge in [0.25, 0.3) is 0 Å². The molecule has 12 heavy (non-hydrogen) atoms. The highest BCUT2D eigenvalue weighted by Crippen LogP contribution is 2.25. The van der Waals surface area contributed by atoms with Crippen LogP contribution in [0.4, 0.5) is 0 Å². The van der Waals surface area contributed by atoms with Crippen LogP contribution < -0.4 is 4.74 Å². The average Bonchev–Trinajstić information content (AvgIpc) is 2.52. The molecule has 2 aromatic rings. The lowest BCUT2D eigenvalue weighted by Crippen LogP contribution is -1.83. The summed E-state index contributed by atoms with van der Waals surface area (Å²) >= 11 is 2.30. The Morgan fingerprint density at radius 1 is 1.33 bits per heavy atom. The van der Waals surface area contributed by atoms with Crippen molar-refractivity contribution in [3.8, 4) is 5.75 Å². The maximum absolute atomic E-state index is 5.15.